The topological polar surface area (TPSA) is 41.3 Å². The standard InChI is InChI=1S/C16H25N3/c1-11-9-14(7-8-19(11)2)18-16-6-3-12-10-13(17)4-5-15(12)16/h4-5,10-11,14,16,18H,3,6-9,17H2,1-2H3. The molecular formula is C16H25N3. The zero-order chi connectivity index (χ0) is 13.4. The second-order valence-corrected chi connectivity index (χ2v) is 6.27. The molecule has 0 bridgehead atoms. The van der Waals surface area contributed by atoms with Crippen molar-refractivity contribution in [2.24, 2.45) is 0 Å². The average Bonchev–Trinajstić information content (AvgIpc) is 2.76. The Morgan fingerprint density at radius 3 is 2.95 bits per heavy atom. The number of nitrogens with zero attached hydrogens (tertiary/aromatic N) is 1. The second-order valence-electron chi connectivity index (χ2n) is 6.27. The summed E-state index contributed by atoms with van der Waals surface area (Å²) in [4.78, 5) is 2.46. The molecule has 1 aliphatic heterocycles. The quantitative estimate of drug-likeness (QED) is 0.801. The molecule has 1 fully saturated rings. The zero-order valence-corrected chi connectivity index (χ0v) is 12.0. The fourth-order valence-electron chi connectivity index (χ4n) is 3.54. The molecule has 0 amide bonds. The highest BCUT2D eigenvalue weighted by Crippen LogP contribution is 2.33. The number of nitrogens with two attached hydrogens (primary N) is 1. The molecule has 1 aliphatic carbocycles. The number of fused-ring (bicyclic) bond motifs is 1. The summed E-state index contributed by atoms with van der Waals surface area (Å²) in [7, 11) is 2.23. The Bertz CT molecular complexity index is 457. The van der Waals surface area contributed by atoms with Gasteiger partial charge in [0.2, 0.25) is 0 Å². The Morgan fingerprint density at radius 1 is 1.32 bits per heavy atom. The number of aryl methyl sites for hydroxylation is 1. The van der Waals surface area contributed by atoms with Crippen LogP contribution in [0.4, 0.5) is 5.69 Å². The van der Waals surface area contributed by atoms with Crippen LogP contribution < -0.4 is 11.1 Å². The number of hydrogen-bond acceptors (Lipinski definition) is 3. The number of nitrogens with one attached hydrogen (secondary N) is 1. The molecule has 0 spiro atoms. The van der Waals surface area contributed by atoms with Crippen molar-refractivity contribution in [3.05, 3.63) is 29.3 Å². The number of benzene rings is 1. The van der Waals surface area contributed by atoms with Crippen LogP contribution in [0.1, 0.15) is 43.4 Å². The first-order chi connectivity index (χ1) is 9.13. The lowest BCUT2D eigenvalue weighted by Crippen LogP contribution is -2.46. The van der Waals surface area contributed by atoms with Gasteiger partial charge < -0.3 is 16.0 Å². The first kappa shape index (κ1) is 12.9. The van der Waals surface area contributed by atoms with Gasteiger partial charge in [-0.05, 0) is 69.5 Å². The maximum Gasteiger partial charge on any atom is 0.0328 e. The second kappa shape index (κ2) is 5.14. The number of piperidine rings is 1. The average molecular weight is 259 g/mol. The molecule has 19 heavy (non-hydrogen) atoms. The van der Waals surface area contributed by atoms with Gasteiger partial charge in [-0.25, -0.2) is 0 Å². The van der Waals surface area contributed by atoms with Gasteiger partial charge in [0.15, 0.2) is 0 Å². The van der Waals surface area contributed by atoms with E-state index in [1.54, 1.807) is 0 Å². The van der Waals surface area contributed by atoms with Crippen molar-refractivity contribution >= 4 is 5.69 Å². The molecule has 0 aromatic heterocycles. The Kier molecular flexibility index (Phi) is 3.50. The number of hydrogen-bond donors (Lipinski definition) is 2. The molecule has 104 valence electrons. The summed E-state index contributed by atoms with van der Waals surface area (Å²) in [6, 6.07) is 8.30. The van der Waals surface area contributed by atoms with Gasteiger partial charge in [0, 0.05) is 23.8 Å². The number of anilines is 1. The lowest BCUT2D eigenvalue weighted by Gasteiger charge is -2.36. The van der Waals surface area contributed by atoms with Crippen molar-refractivity contribution in [1.82, 2.24) is 10.2 Å². The summed E-state index contributed by atoms with van der Waals surface area (Å²) in [5.74, 6) is 0. The molecule has 2 aliphatic rings. The number of nitrogen functional groups attached to an aromatic ring is 1. The van der Waals surface area contributed by atoms with Gasteiger partial charge in [-0.1, -0.05) is 6.07 Å². The van der Waals surface area contributed by atoms with E-state index in [1.165, 1.54) is 43.4 Å². The fraction of sp³-hybridized carbons (Fsp3) is 0.625. The Morgan fingerprint density at radius 2 is 2.16 bits per heavy atom. The number of rotatable bonds is 2. The van der Waals surface area contributed by atoms with E-state index in [0.717, 1.165) is 5.69 Å². The van der Waals surface area contributed by atoms with Gasteiger partial charge in [0.05, 0.1) is 0 Å². The fourth-order valence-corrected chi connectivity index (χ4v) is 3.54. The molecule has 3 rings (SSSR count). The van der Waals surface area contributed by atoms with Crippen LogP contribution in [-0.2, 0) is 6.42 Å². The van der Waals surface area contributed by atoms with Crippen LogP contribution >= 0.6 is 0 Å². The minimum atomic E-state index is 0.538. The van der Waals surface area contributed by atoms with E-state index in [4.69, 9.17) is 5.73 Å². The van der Waals surface area contributed by atoms with Crippen molar-refractivity contribution in [2.45, 2.75) is 50.7 Å². The third-order valence-corrected chi connectivity index (χ3v) is 4.89. The maximum absolute atomic E-state index is 5.87. The molecule has 3 heteroatoms. The van der Waals surface area contributed by atoms with Crippen LogP contribution in [0.5, 0.6) is 0 Å². The first-order valence-electron chi connectivity index (χ1n) is 7.48. The van der Waals surface area contributed by atoms with Crippen LogP contribution in [0.25, 0.3) is 0 Å². The highest BCUT2D eigenvalue weighted by molar-refractivity contribution is 5.47. The Hall–Kier alpha value is -1.06. The molecule has 3 atom stereocenters. The zero-order valence-electron chi connectivity index (χ0n) is 12.0. The lowest BCUT2D eigenvalue weighted by molar-refractivity contribution is 0.162. The molecule has 1 saturated heterocycles. The summed E-state index contributed by atoms with van der Waals surface area (Å²) >= 11 is 0. The summed E-state index contributed by atoms with van der Waals surface area (Å²) in [5, 5.41) is 3.88. The normalized spacial score (nSPS) is 31.4. The molecule has 1 aromatic rings. The van der Waals surface area contributed by atoms with E-state index in [2.05, 4.69) is 36.3 Å². The summed E-state index contributed by atoms with van der Waals surface area (Å²) < 4.78 is 0. The van der Waals surface area contributed by atoms with Crippen LogP contribution in [0, 0.1) is 0 Å². The van der Waals surface area contributed by atoms with Crippen molar-refractivity contribution in [3.8, 4) is 0 Å². The third kappa shape index (κ3) is 2.63. The van der Waals surface area contributed by atoms with E-state index in [9.17, 15) is 0 Å². The first-order valence-corrected chi connectivity index (χ1v) is 7.48. The largest absolute Gasteiger partial charge is 0.399 e. The van der Waals surface area contributed by atoms with E-state index in [1.807, 2.05) is 6.07 Å². The lowest BCUT2D eigenvalue weighted by atomic mass is 9.97. The maximum atomic E-state index is 5.87. The minimum absolute atomic E-state index is 0.538. The SMILES string of the molecule is CC1CC(NC2CCc3cc(N)ccc32)CCN1C. The van der Waals surface area contributed by atoms with Crippen molar-refractivity contribution in [1.29, 1.82) is 0 Å². The molecule has 0 saturated carbocycles. The number of likely N-dealkylation sites (tertiary alicyclic amines) is 1. The van der Waals surface area contributed by atoms with Gasteiger partial charge in [-0.2, -0.15) is 0 Å². The van der Waals surface area contributed by atoms with Crippen molar-refractivity contribution in [2.75, 3.05) is 19.3 Å². The van der Waals surface area contributed by atoms with Gasteiger partial charge >= 0.3 is 0 Å². The monoisotopic (exact) mass is 259 g/mol. The van der Waals surface area contributed by atoms with Gasteiger partial charge in [0.1, 0.15) is 0 Å². The molecule has 3 nitrogen and oxygen atoms in total. The van der Waals surface area contributed by atoms with Gasteiger partial charge in [-0.3, -0.25) is 0 Å². The Labute approximate surface area is 116 Å². The van der Waals surface area contributed by atoms with E-state index in [0.29, 0.717) is 18.1 Å². The predicted octanol–water partition coefficient (Wildman–Crippen LogP) is 2.33. The summed E-state index contributed by atoms with van der Waals surface area (Å²) in [5.41, 5.74) is 9.68. The smallest absolute Gasteiger partial charge is 0.0328 e. The van der Waals surface area contributed by atoms with Crippen molar-refractivity contribution < 1.29 is 0 Å². The van der Waals surface area contributed by atoms with Crippen LogP contribution in [0.15, 0.2) is 18.2 Å². The highest BCUT2D eigenvalue weighted by Gasteiger charge is 2.28. The van der Waals surface area contributed by atoms with E-state index < -0.39 is 0 Å². The Balaban J connectivity index is 1.66. The predicted molar refractivity (Wildman–Crippen MR) is 80.2 cm³/mol. The van der Waals surface area contributed by atoms with E-state index in [-0.39, 0.29) is 0 Å². The molecule has 1 heterocycles. The van der Waals surface area contributed by atoms with Gasteiger partial charge in [-0.15, -0.1) is 0 Å². The highest BCUT2D eigenvalue weighted by atomic mass is 15.1. The van der Waals surface area contributed by atoms with Crippen LogP contribution in [0.2, 0.25) is 0 Å². The van der Waals surface area contributed by atoms with Crippen molar-refractivity contribution in [3.63, 3.8) is 0 Å². The molecule has 1 aromatic carbocycles. The molecule has 3 N–H and O–H groups in total. The molecule has 0 radical (unpaired) electrons. The van der Waals surface area contributed by atoms with E-state index >= 15 is 0 Å². The molecular weight excluding hydrogens is 234 g/mol. The third-order valence-electron chi connectivity index (χ3n) is 4.89. The van der Waals surface area contributed by atoms with Gasteiger partial charge in [0.25, 0.3) is 0 Å². The van der Waals surface area contributed by atoms with Crippen LogP contribution in [0.3, 0.4) is 0 Å². The minimum Gasteiger partial charge on any atom is -0.399 e. The van der Waals surface area contributed by atoms with Crippen LogP contribution in [-0.4, -0.2) is 30.6 Å². The summed E-state index contributed by atoms with van der Waals surface area (Å²) in [6.45, 7) is 3.54. The molecule has 3 unspecified atom stereocenters. The summed E-state index contributed by atoms with van der Waals surface area (Å²) in [6.07, 6.45) is 4.92.